The van der Waals surface area contributed by atoms with Crippen LogP contribution in [0.1, 0.15) is 35.7 Å². The van der Waals surface area contributed by atoms with Crippen LogP contribution in [0.25, 0.3) is 0 Å². The minimum absolute atomic E-state index is 0.0345. The molecule has 1 aliphatic rings. The van der Waals surface area contributed by atoms with Crippen LogP contribution in [-0.4, -0.2) is 50.3 Å². The largest absolute Gasteiger partial charge is 0.497 e. The average Bonchev–Trinajstić information content (AvgIpc) is 2.79. The standard InChI is InChI=1S/C24H30N2O4S/c1-4-15-26(31(28,29)23-11-9-22(30-3)10-12-23)18-20-5-7-21(8-6-20)24(27)25-16-13-19(2)14-17-25/h4-12,19H,1,13-18H2,2-3H3. The molecule has 0 saturated carbocycles. The summed E-state index contributed by atoms with van der Waals surface area (Å²) in [6, 6.07) is 13.5. The molecule has 2 aromatic carbocycles. The summed E-state index contributed by atoms with van der Waals surface area (Å²) in [5.74, 6) is 1.29. The Bertz CT molecular complexity index is 993. The second-order valence-corrected chi connectivity index (χ2v) is 9.87. The molecule has 7 heteroatoms. The lowest BCUT2D eigenvalue weighted by atomic mass is 9.98. The van der Waals surface area contributed by atoms with Crippen molar-refractivity contribution < 1.29 is 17.9 Å². The van der Waals surface area contributed by atoms with Crippen molar-refractivity contribution in [3.05, 3.63) is 72.3 Å². The van der Waals surface area contributed by atoms with Crippen LogP contribution < -0.4 is 4.74 Å². The molecule has 1 saturated heterocycles. The van der Waals surface area contributed by atoms with Crippen molar-refractivity contribution in [1.82, 2.24) is 9.21 Å². The third kappa shape index (κ3) is 5.54. The van der Waals surface area contributed by atoms with Gasteiger partial charge in [-0.15, -0.1) is 6.58 Å². The number of nitrogens with zero attached hydrogens (tertiary/aromatic N) is 2. The van der Waals surface area contributed by atoms with Crippen LogP contribution in [0.5, 0.6) is 5.75 Å². The maximum Gasteiger partial charge on any atom is 0.253 e. The van der Waals surface area contributed by atoms with Gasteiger partial charge in [0.1, 0.15) is 5.75 Å². The van der Waals surface area contributed by atoms with Crippen molar-refractivity contribution in [2.45, 2.75) is 31.2 Å². The van der Waals surface area contributed by atoms with Gasteiger partial charge in [-0.2, -0.15) is 4.31 Å². The minimum atomic E-state index is -3.70. The summed E-state index contributed by atoms with van der Waals surface area (Å²) in [5.41, 5.74) is 1.44. The van der Waals surface area contributed by atoms with E-state index < -0.39 is 10.0 Å². The Morgan fingerprint density at radius 3 is 2.29 bits per heavy atom. The molecule has 166 valence electrons. The highest BCUT2D eigenvalue weighted by Crippen LogP contribution is 2.22. The number of methoxy groups -OCH3 is 1. The number of rotatable bonds is 8. The van der Waals surface area contributed by atoms with Crippen LogP contribution in [-0.2, 0) is 16.6 Å². The van der Waals surface area contributed by atoms with Crippen LogP contribution in [0.3, 0.4) is 0 Å². The van der Waals surface area contributed by atoms with E-state index in [1.165, 1.54) is 23.5 Å². The summed E-state index contributed by atoms with van der Waals surface area (Å²) >= 11 is 0. The lowest BCUT2D eigenvalue weighted by Gasteiger charge is -2.30. The maximum atomic E-state index is 13.1. The average molecular weight is 443 g/mol. The lowest BCUT2D eigenvalue weighted by molar-refractivity contribution is 0.0697. The Morgan fingerprint density at radius 1 is 1.13 bits per heavy atom. The van der Waals surface area contributed by atoms with Gasteiger partial charge < -0.3 is 9.64 Å². The number of likely N-dealkylation sites (tertiary alicyclic amines) is 1. The molecule has 6 nitrogen and oxygen atoms in total. The molecule has 0 aromatic heterocycles. The summed E-state index contributed by atoms with van der Waals surface area (Å²) in [7, 11) is -2.17. The topological polar surface area (TPSA) is 66.9 Å². The summed E-state index contributed by atoms with van der Waals surface area (Å²) < 4.78 is 32.7. The van der Waals surface area contributed by atoms with E-state index in [-0.39, 0.29) is 23.9 Å². The van der Waals surface area contributed by atoms with Crippen LogP contribution in [0.2, 0.25) is 0 Å². The molecule has 31 heavy (non-hydrogen) atoms. The van der Waals surface area contributed by atoms with Gasteiger partial charge in [-0.3, -0.25) is 4.79 Å². The van der Waals surface area contributed by atoms with Gasteiger partial charge in [-0.25, -0.2) is 8.42 Å². The highest BCUT2D eigenvalue weighted by Gasteiger charge is 2.25. The van der Waals surface area contributed by atoms with Gasteiger partial charge >= 0.3 is 0 Å². The first-order valence-corrected chi connectivity index (χ1v) is 11.9. The second kappa shape index (κ2) is 10.1. The van der Waals surface area contributed by atoms with Crippen molar-refractivity contribution in [2.75, 3.05) is 26.7 Å². The number of ether oxygens (including phenoxy) is 1. The summed E-state index contributed by atoms with van der Waals surface area (Å²) in [6.45, 7) is 7.85. The quantitative estimate of drug-likeness (QED) is 0.581. The van der Waals surface area contributed by atoms with E-state index in [0.717, 1.165) is 31.5 Å². The van der Waals surface area contributed by atoms with Crippen molar-refractivity contribution in [3.63, 3.8) is 0 Å². The third-order valence-corrected chi connectivity index (χ3v) is 7.49. The summed E-state index contributed by atoms with van der Waals surface area (Å²) in [4.78, 5) is 14.8. The number of benzene rings is 2. The molecule has 0 atom stereocenters. The Labute approximate surface area is 185 Å². The van der Waals surface area contributed by atoms with Crippen molar-refractivity contribution >= 4 is 15.9 Å². The SMILES string of the molecule is C=CCN(Cc1ccc(C(=O)N2CCC(C)CC2)cc1)S(=O)(=O)c1ccc(OC)cc1. The Hall–Kier alpha value is -2.64. The molecule has 0 bridgehead atoms. The van der Waals surface area contributed by atoms with Crippen LogP contribution >= 0.6 is 0 Å². The van der Waals surface area contributed by atoms with Crippen LogP contribution in [0.4, 0.5) is 0 Å². The second-order valence-electron chi connectivity index (χ2n) is 7.93. The normalized spacial score (nSPS) is 15.1. The third-order valence-electron chi connectivity index (χ3n) is 5.66. The van der Waals surface area contributed by atoms with Gasteiger partial charge in [0.05, 0.1) is 12.0 Å². The van der Waals surface area contributed by atoms with E-state index in [9.17, 15) is 13.2 Å². The first-order valence-electron chi connectivity index (χ1n) is 10.5. The van der Waals surface area contributed by atoms with Crippen LogP contribution in [0, 0.1) is 5.92 Å². The van der Waals surface area contributed by atoms with Crippen molar-refractivity contribution in [3.8, 4) is 5.75 Å². The van der Waals surface area contributed by atoms with Gasteiger partial charge in [0.25, 0.3) is 5.91 Å². The van der Waals surface area contributed by atoms with E-state index in [4.69, 9.17) is 4.74 Å². The highest BCUT2D eigenvalue weighted by atomic mass is 32.2. The Kier molecular flexibility index (Phi) is 7.51. The predicted octanol–water partition coefficient (Wildman–Crippen LogP) is 3.94. The summed E-state index contributed by atoms with van der Waals surface area (Å²) in [6.07, 6.45) is 3.63. The van der Waals surface area contributed by atoms with Gasteiger partial charge in [-0.1, -0.05) is 25.1 Å². The molecule has 3 rings (SSSR count). The first kappa shape index (κ1) is 23.0. The van der Waals surface area contributed by atoms with Crippen molar-refractivity contribution in [1.29, 1.82) is 0 Å². The fourth-order valence-electron chi connectivity index (χ4n) is 3.64. The monoisotopic (exact) mass is 442 g/mol. The number of carbonyl (C=O) groups is 1. The Balaban J connectivity index is 1.73. The molecule has 0 spiro atoms. The number of hydrogen-bond acceptors (Lipinski definition) is 4. The molecule has 1 aliphatic heterocycles. The van der Waals surface area contributed by atoms with Gasteiger partial charge in [0, 0.05) is 31.7 Å². The number of piperidine rings is 1. The number of amides is 1. The number of sulfonamides is 1. The molecular weight excluding hydrogens is 412 g/mol. The van der Waals surface area contributed by atoms with E-state index in [0.29, 0.717) is 17.2 Å². The first-order chi connectivity index (χ1) is 14.8. The fraction of sp³-hybridized carbons (Fsp3) is 0.375. The molecule has 1 heterocycles. The van der Waals surface area contributed by atoms with E-state index in [1.807, 2.05) is 17.0 Å². The summed E-state index contributed by atoms with van der Waals surface area (Å²) in [5, 5.41) is 0. The number of hydrogen-bond donors (Lipinski definition) is 0. The van der Waals surface area contributed by atoms with Crippen molar-refractivity contribution in [2.24, 2.45) is 5.92 Å². The van der Waals surface area contributed by atoms with Gasteiger partial charge in [-0.05, 0) is 60.7 Å². The zero-order chi connectivity index (χ0) is 22.4. The molecule has 0 aliphatic carbocycles. The zero-order valence-corrected chi connectivity index (χ0v) is 19.0. The molecule has 1 fully saturated rings. The van der Waals surface area contributed by atoms with E-state index >= 15 is 0 Å². The molecule has 1 amide bonds. The van der Waals surface area contributed by atoms with Gasteiger partial charge in [0.2, 0.25) is 10.0 Å². The van der Waals surface area contributed by atoms with Gasteiger partial charge in [0.15, 0.2) is 0 Å². The number of carbonyl (C=O) groups excluding carboxylic acids is 1. The molecule has 0 unspecified atom stereocenters. The smallest absolute Gasteiger partial charge is 0.253 e. The fourth-order valence-corrected chi connectivity index (χ4v) is 5.04. The molecule has 2 aromatic rings. The zero-order valence-electron chi connectivity index (χ0n) is 18.2. The highest BCUT2D eigenvalue weighted by molar-refractivity contribution is 7.89. The predicted molar refractivity (Wildman–Crippen MR) is 122 cm³/mol. The van der Waals surface area contributed by atoms with E-state index in [2.05, 4.69) is 13.5 Å². The molecular formula is C24H30N2O4S. The Morgan fingerprint density at radius 2 is 1.74 bits per heavy atom. The lowest BCUT2D eigenvalue weighted by Crippen LogP contribution is -2.37. The molecule has 0 N–H and O–H groups in total. The van der Waals surface area contributed by atoms with Crippen LogP contribution in [0.15, 0.2) is 66.1 Å². The maximum absolute atomic E-state index is 13.1. The molecule has 0 radical (unpaired) electrons. The van der Waals surface area contributed by atoms with E-state index in [1.54, 1.807) is 30.3 Å². The minimum Gasteiger partial charge on any atom is -0.497 e.